The van der Waals surface area contributed by atoms with Gasteiger partial charge >= 0.3 is 0 Å². The number of guanidine groups is 1. The Kier molecular flexibility index (Phi) is 6.46. The molecule has 1 N–H and O–H groups in total. The number of hydrogen-bond donors (Lipinski definition) is 1. The van der Waals surface area contributed by atoms with E-state index in [2.05, 4.69) is 44.2 Å². The van der Waals surface area contributed by atoms with Gasteiger partial charge in [0.25, 0.3) is 0 Å². The van der Waals surface area contributed by atoms with Gasteiger partial charge in [0, 0.05) is 46.8 Å². The molecule has 1 fully saturated rings. The monoisotopic (exact) mass is 335 g/mol. The van der Waals surface area contributed by atoms with Crippen molar-refractivity contribution in [3.8, 4) is 0 Å². The van der Waals surface area contributed by atoms with Crippen LogP contribution in [0, 0.1) is 0 Å². The SMILES string of the molecule is C=CCNC(=NCC(=O)N(C)C)N1CCN(c2cccs2)CC1. The highest BCUT2D eigenvalue weighted by Gasteiger charge is 2.20. The number of amides is 1. The van der Waals surface area contributed by atoms with Crippen LogP contribution in [0.5, 0.6) is 0 Å². The molecule has 0 saturated carbocycles. The van der Waals surface area contributed by atoms with Gasteiger partial charge < -0.3 is 20.0 Å². The van der Waals surface area contributed by atoms with Crippen LogP contribution in [-0.2, 0) is 4.79 Å². The molecule has 1 aromatic heterocycles. The molecule has 6 nitrogen and oxygen atoms in total. The first-order valence-corrected chi connectivity index (χ1v) is 8.62. The maximum absolute atomic E-state index is 11.8. The summed E-state index contributed by atoms with van der Waals surface area (Å²) < 4.78 is 0. The number of thiophene rings is 1. The summed E-state index contributed by atoms with van der Waals surface area (Å²) in [5, 5.41) is 6.67. The Bertz CT molecular complexity index is 533. The first-order chi connectivity index (χ1) is 11.1. The zero-order valence-electron chi connectivity index (χ0n) is 13.9. The van der Waals surface area contributed by atoms with E-state index in [0.717, 1.165) is 32.1 Å². The molecule has 1 amide bonds. The number of anilines is 1. The van der Waals surface area contributed by atoms with Crippen LogP contribution >= 0.6 is 11.3 Å². The van der Waals surface area contributed by atoms with Gasteiger partial charge in [0.15, 0.2) is 5.96 Å². The van der Waals surface area contributed by atoms with Crippen molar-refractivity contribution in [1.82, 2.24) is 15.1 Å². The van der Waals surface area contributed by atoms with Gasteiger partial charge in [-0.1, -0.05) is 6.08 Å². The summed E-state index contributed by atoms with van der Waals surface area (Å²) in [5.41, 5.74) is 0. The molecule has 0 aliphatic carbocycles. The summed E-state index contributed by atoms with van der Waals surface area (Å²) >= 11 is 1.77. The maximum Gasteiger partial charge on any atom is 0.243 e. The number of nitrogens with one attached hydrogen (secondary N) is 1. The second-order valence-corrected chi connectivity index (χ2v) is 6.45. The van der Waals surface area contributed by atoms with Crippen molar-refractivity contribution in [3.05, 3.63) is 30.2 Å². The van der Waals surface area contributed by atoms with E-state index < -0.39 is 0 Å². The van der Waals surface area contributed by atoms with Gasteiger partial charge in [-0.2, -0.15) is 0 Å². The van der Waals surface area contributed by atoms with E-state index in [-0.39, 0.29) is 12.5 Å². The predicted octanol–water partition coefficient (Wildman–Crippen LogP) is 1.09. The third-order valence-electron chi connectivity index (χ3n) is 3.66. The van der Waals surface area contributed by atoms with Crippen LogP contribution < -0.4 is 10.2 Å². The third kappa shape index (κ3) is 4.99. The summed E-state index contributed by atoms with van der Waals surface area (Å²) in [6.45, 7) is 8.21. The zero-order chi connectivity index (χ0) is 16.7. The molecule has 2 heterocycles. The Morgan fingerprint density at radius 2 is 2.17 bits per heavy atom. The summed E-state index contributed by atoms with van der Waals surface area (Å²) in [6, 6.07) is 4.23. The molecule has 2 rings (SSSR count). The molecular weight excluding hydrogens is 310 g/mol. The Hall–Kier alpha value is -2.02. The average Bonchev–Trinajstić information content (AvgIpc) is 3.09. The summed E-state index contributed by atoms with van der Waals surface area (Å²) in [5.74, 6) is 0.783. The van der Waals surface area contributed by atoms with Crippen molar-refractivity contribution in [3.63, 3.8) is 0 Å². The minimum atomic E-state index is 0.000115. The molecule has 126 valence electrons. The molecule has 23 heavy (non-hydrogen) atoms. The first-order valence-electron chi connectivity index (χ1n) is 7.74. The number of nitrogens with zero attached hydrogens (tertiary/aromatic N) is 4. The minimum absolute atomic E-state index is 0.000115. The van der Waals surface area contributed by atoms with Crippen molar-refractivity contribution in [1.29, 1.82) is 0 Å². The number of likely N-dealkylation sites (N-methyl/N-ethyl adjacent to an activating group) is 1. The van der Waals surface area contributed by atoms with E-state index >= 15 is 0 Å². The molecule has 0 bridgehead atoms. The predicted molar refractivity (Wildman–Crippen MR) is 97.3 cm³/mol. The van der Waals surface area contributed by atoms with Crippen molar-refractivity contribution < 1.29 is 4.79 Å². The van der Waals surface area contributed by atoms with E-state index in [0.29, 0.717) is 6.54 Å². The lowest BCUT2D eigenvalue weighted by molar-refractivity contribution is -0.127. The van der Waals surface area contributed by atoms with Crippen LogP contribution in [0.4, 0.5) is 5.00 Å². The maximum atomic E-state index is 11.8. The van der Waals surface area contributed by atoms with Gasteiger partial charge in [0.2, 0.25) is 5.91 Å². The normalized spacial score (nSPS) is 15.5. The molecular formula is C16H25N5OS. The molecule has 0 atom stereocenters. The number of carbonyl (C=O) groups is 1. The van der Waals surface area contributed by atoms with E-state index in [9.17, 15) is 4.79 Å². The van der Waals surface area contributed by atoms with Crippen molar-refractivity contribution in [2.24, 2.45) is 4.99 Å². The van der Waals surface area contributed by atoms with Gasteiger partial charge in [-0.15, -0.1) is 17.9 Å². The van der Waals surface area contributed by atoms with Crippen LogP contribution in [0.2, 0.25) is 0 Å². The molecule has 0 unspecified atom stereocenters. The molecule has 1 aliphatic heterocycles. The van der Waals surface area contributed by atoms with E-state index in [1.165, 1.54) is 5.00 Å². The number of carbonyl (C=O) groups excluding carboxylic acids is 1. The minimum Gasteiger partial charge on any atom is -0.360 e. The highest BCUT2D eigenvalue weighted by Crippen LogP contribution is 2.22. The second-order valence-electron chi connectivity index (χ2n) is 5.52. The van der Waals surface area contributed by atoms with Gasteiger partial charge in [-0.05, 0) is 17.5 Å². The zero-order valence-corrected chi connectivity index (χ0v) is 14.7. The van der Waals surface area contributed by atoms with Crippen LogP contribution in [0.15, 0.2) is 35.2 Å². The van der Waals surface area contributed by atoms with Crippen molar-refractivity contribution >= 4 is 28.2 Å². The summed E-state index contributed by atoms with van der Waals surface area (Å²) in [6.07, 6.45) is 1.80. The first kappa shape index (κ1) is 17.3. The molecule has 7 heteroatoms. The lowest BCUT2D eigenvalue weighted by Crippen LogP contribution is -2.52. The summed E-state index contributed by atoms with van der Waals surface area (Å²) in [4.78, 5) is 22.4. The van der Waals surface area contributed by atoms with Gasteiger partial charge in [0.05, 0.1) is 5.00 Å². The Balaban J connectivity index is 1.95. The lowest BCUT2D eigenvalue weighted by Gasteiger charge is -2.37. The fraction of sp³-hybridized carbons (Fsp3) is 0.500. The van der Waals surface area contributed by atoms with Crippen molar-refractivity contribution in [2.75, 3.05) is 58.3 Å². The molecule has 1 aromatic rings. The number of rotatable bonds is 5. The smallest absolute Gasteiger partial charge is 0.243 e. The Labute approximate surface area is 142 Å². The van der Waals surface area contributed by atoms with E-state index in [1.807, 2.05) is 0 Å². The standard InChI is InChI=1S/C16H25N5OS/c1-4-7-17-16(18-13-14(22)19(2)3)21-10-8-20(9-11-21)15-6-5-12-23-15/h4-6,12H,1,7-11,13H2,2-3H3,(H,17,18). The van der Waals surface area contributed by atoms with Crippen molar-refractivity contribution in [2.45, 2.75) is 0 Å². The van der Waals surface area contributed by atoms with Crippen LogP contribution in [0.25, 0.3) is 0 Å². The molecule has 1 aliphatic rings. The Morgan fingerprint density at radius 3 is 2.74 bits per heavy atom. The Morgan fingerprint density at radius 1 is 1.43 bits per heavy atom. The third-order valence-corrected chi connectivity index (χ3v) is 4.59. The topological polar surface area (TPSA) is 51.2 Å². The second kappa shape index (κ2) is 8.57. The quantitative estimate of drug-likeness (QED) is 0.497. The van der Waals surface area contributed by atoms with E-state index in [4.69, 9.17) is 0 Å². The lowest BCUT2D eigenvalue weighted by atomic mass is 10.3. The molecule has 0 spiro atoms. The highest BCUT2D eigenvalue weighted by atomic mass is 32.1. The van der Waals surface area contributed by atoms with Gasteiger partial charge in [-0.3, -0.25) is 4.79 Å². The fourth-order valence-electron chi connectivity index (χ4n) is 2.30. The van der Waals surface area contributed by atoms with Crippen LogP contribution in [-0.4, -0.2) is 75.0 Å². The number of hydrogen-bond acceptors (Lipinski definition) is 4. The number of aliphatic imine (C=N–C) groups is 1. The molecule has 1 saturated heterocycles. The van der Waals surface area contributed by atoms with Crippen LogP contribution in [0.3, 0.4) is 0 Å². The largest absolute Gasteiger partial charge is 0.360 e. The number of piperazine rings is 1. The highest BCUT2D eigenvalue weighted by molar-refractivity contribution is 7.14. The van der Waals surface area contributed by atoms with Gasteiger partial charge in [0.1, 0.15) is 6.54 Å². The average molecular weight is 335 g/mol. The van der Waals surface area contributed by atoms with E-state index in [1.54, 1.807) is 36.4 Å². The fourth-order valence-corrected chi connectivity index (χ4v) is 3.09. The molecule has 0 radical (unpaired) electrons. The van der Waals surface area contributed by atoms with Gasteiger partial charge in [-0.25, -0.2) is 4.99 Å². The molecule has 0 aromatic carbocycles. The summed E-state index contributed by atoms with van der Waals surface area (Å²) in [7, 11) is 3.49. The van der Waals surface area contributed by atoms with Crippen LogP contribution in [0.1, 0.15) is 0 Å².